The molecule has 0 saturated carbocycles. The van der Waals surface area contributed by atoms with Crippen LogP contribution in [0.2, 0.25) is 0 Å². The average Bonchev–Trinajstić information content (AvgIpc) is 2.27. The van der Waals surface area contributed by atoms with Crippen LogP contribution in [0.15, 0.2) is 30.5 Å². The molecule has 10 heavy (non-hydrogen) atoms. The fraction of sp³-hybridized carbons (Fsp3) is 0.125. The zero-order valence-electron chi connectivity index (χ0n) is 5.74. The maximum absolute atomic E-state index is 2.33. The van der Waals surface area contributed by atoms with Gasteiger partial charge < -0.3 is 0 Å². The van der Waals surface area contributed by atoms with Crippen molar-refractivity contribution >= 4 is 29.5 Å². The van der Waals surface area contributed by atoms with Crippen molar-refractivity contribution in [1.82, 2.24) is 0 Å². The first-order chi connectivity index (χ1) is 4.86. The third kappa shape index (κ3) is 0.982. The number of nitrogens with zero attached hydrogens (tertiary/aromatic N) is 1. The molecule has 0 aliphatic heterocycles. The van der Waals surface area contributed by atoms with Crippen LogP contribution in [-0.4, -0.2) is 20.7 Å². The fourth-order valence-electron chi connectivity index (χ4n) is 1.05. The van der Waals surface area contributed by atoms with Crippen LogP contribution in [0.1, 0.15) is 0 Å². The molecule has 0 aliphatic rings. The summed E-state index contributed by atoms with van der Waals surface area (Å²) in [6.45, 7) is 0. The average molecular weight is 246 g/mol. The molecule has 0 aliphatic carbocycles. The summed E-state index contributed by atoms with van der Waals surface area (Å²) in [5.41, 5.74) is 0. The minimum atomic E-state index is -0.0313. The fourth-order valence-corrected chi connectivity index (χ4v) is 3.45. The van der Waals surface area contributed by atoms with E-state index < -0.39 is 0 Å². The Hall–Kier alpha value is -0.320. The van der Waals surface area contributed by atoms with Crippen LogP contribution in [0.4, 0.5) is 0 Å². The number of fused-ring (bicyclic) bond motifs is 1. The van der Waals surface area contributed by atoms with Gasteiger partial charge in [0.15, 0.2) is 0 Å². The first-order valence-electron chi connectivity index (χ1n) is 3.21. The summed E-state index contributed by atoms with van der Waals surface area (Å²) in [7, 11) is 2.15. The number of aromatic nitrogens is 1. The normalized spacial score (nSPS) is 10.5. The van der Waals surface area contributed by atoms with Crippen LogP contribution >= 0.6 is 0 Å². The van der Waals surface area contributed by atoms with Crippen molar-refractivity contribution in [3.63, 3.8) is 0 Å². The van der Waals surface area contributed by atoms with Gasteiger partial charge in [0, 0.05) is 0 Å². The van der Waals surface area contributed by atoms with E-state index >= 15 is 0 Å². The second-order valence-corrected chi connectivity index (χ2v) is 5.72. The maximum atomic E-state index is 2.33. The van der Waals surface area contributed by atoms with Gasteiger partial charge in [0.1, 0.15) is 0 Å². The van der Waals surface area contributed by atoms with Crippen molar-refractivity contribution in [1.29, 1.82) is 0 Å². The Morgan fingerprint density at radius 1 is 1.30 bits per heavy atom. The summed E-state index contributed by atoms with van der Waals surface area (Å²) in [5, 5.41) is 1.42. The van der Waals surface area contributed by atoms with Crippen LogP contribution in [0.25, 0.3) is 8.79 Å². The van der Waals surface area contributed by atoms with Gasteiger partial charge in [-0.15, -0.1) is 0 Å². The third-order valence-corrected chi connectivity index (χ3v) is 4.23. The van der Waals surface area contributed by atoms with E-state index in [2.05, 4.69) is 40.3 Å². The van der Waals surface area contributed by atoms with E-state index in [1.54, 1.807) is 3.40 Å². The van der Waals surface area contributed by atoms with E-state index in [9.17, 15) is 0 Å². The first kappa shape index (κ1) is 6.39. The van der Waals surface area contributed by atoms with Gasteiger partial charge in [-0.1, -0.05) is 0 Å². The van der Waals surface area contributed by atoms with Crippen LogP contribution in [0.5, 0.6) is 0 Å². The molecule has 2 heteroatoms. The molecule has 0 spiro atoms. The molecule has 1 aromatic carbocycles. The number of hydrogen-bond acceptors (Lipinski definition) is 0. The van der Waals surface area contributed by atoms with Crippen molar-refractivity contribution in [2.45, 2.75) is 0 Å². The molecule has 1 heterocycles. The molecule has 2 rings (SSSR count). The predicted molar refractivity (Wildman–Crippen MR) is 42.1 cm³/mol. The minimum absolute atomic E-state index is 0.0313. The molecule has 0 radical (unpaired) electrons. The molecule has 0 saturated heterocycles. The monoisotopic (exact) mass is 248 g/mol. The van der Waals surface area contributed by atoms with Gasteiger partial charge in [-0.05, 0) is 0 Å². The molecule has 0 bridgehead atoms. The van der Waals surface area contributed by atoms with E-state index in [1.165, 1.54) is 5.39 Å². The number of rotatable bonds is 0. The van der Waals surface area contributed by atoms with E-state index in [0.29, 0.717) is 0 Å². The quantitative estimate of drug-likeness (QED) is 0.603. The summed E-state index contributed by atoms with van der Waals surface area (Å²) < 4.78 is 3.89. The first-order valence-corrected chi connectivity index (χ1v) is 5.42. The molecule has 0 unspecified atom stereocenters. The number of benzene rings is 1. The standard InChI is InChI=1S/C8H8NTe/c1-9-6-7-4-2-3-5-8(7)10-9/h2-6H,1H3/q+1. The van der Waals surface area contributed by atoms with Crippen molar-refractivity contribution in [2.75, 3.05) is 0 Å². The topological polar surface area (TPSA) is 3.88 Å². The van der Waals surface area contributed by atoms with Gasteiger partial charge in [-0.2, -0.15) is 0 Å². The summed E-state index contributed by atoms with van der Waals surface area (Å²) in [4.78, 5) is 0. The molecule has 1 nitrogen and oxygen atoms in total. The van der Waals surface area contributed by atoms with E-state index in [-0.39, 0.29) is 20.7 Å². The zero-order chi connectivity index (χ0) is 6.97. The van der Waals surface area contributed by atoms with Crippen molar-refractivity contribution in [3.05, 3.63) is 30.5 Å². The number of aryl methyl sites for hydroxylation is 1. The molecule has 0 fully saturated rings. The molecule has 0 atom stereocenters. The van der Waals surface area contributed by atoms with Gasteiger partial charge in [-0.3, -0.25) is 0 Å². The Morgan fingerprint density at radius 3 is 2.90 bits per heavy atom. The molecular weight excluding hydrogens is 238 g/mol. The second kappa shape index (κ2) is 2.38. The predicted octanol–water partition coefficient (Wildman–Crippen LogP) is 0.721. The Balaban J connectivity index is 2.88. The SMILES string of the molecule is C[n+]1cc2ccccc2[te]1. The molecule has 0 amide bonds. The Kier molecular flexibility index (Phi) is 1.52. The van der Waals surface area contributed by atoms with E-state index in [4.69, 9.17) is 0 Å². The van der Waals surface area contributed by atoms with Gasteiger partial charge in [0.2, 0.25) is 0 Å². The van der Waals surface area contributed by atoms with Gasteiger partial charge in [0.25, 0.3) is 0 Å². The number of hydrogen-bond donors (Lipinski definition) is 0. The van der Waals surface area contributed by atoms with Crippen molar-refractivity contribution in [3.8, 4) is 0 Å². The van der Waals surface area contributed by atoms with Crippen molar-refractivity contribution in [2.24, 2.45) is 7.05 Å². The van der Waals surface area contributed by atoms with Gasteiger partial charge in [-0.25, -0.2) is 0 Å². The molecule has 0 N–H and O–H groups in total. The Bertz CT molecular complexity index is 318. The second-order valence-electron chi connectivity index (χ2n) is 2.30. The molecular formula is C8H8NTe+. The van der Waals surface area contributed by atoms with Crippen LogP contribution in [0, 0.1) is 0 Å². The summed E-state index contributed by atoms with van der Waals surface area (Å²) in [6, 6.07) is 8.64. The Morgan fingerprint density at radius 2 is 2.10 bits per heavy atom. The van der Waals surface area contributed by atoms with Gasteiger partial charge >= 0.3 is 69.8 Å². The Labute approximate surface area is 69.9 Å². The summed E-state index contributed by atoms with van der Waals surface area (Å²) in [6.07, 6.45) is 2.23. The summed E-state index contributed by atoms with van der Waals surface area (Å²) in [5.74, 6) is 0. The van der Waals surface area contributed by atoms with E-state index in [1.807, 2.05) is 0 Å². The van der Waals surface area contributed by atoms with E-state index in [0.717, 1.165) is 0 Å². The van der Waals surface area contributed by atoms with Crippen molar-refractivity contribution < 1.29 is 2.79 Å². The molecule has 50 valence electrons. The van der Waals surface area contributed by atoms with Crippen LogP contribution in [0.3, 0.4) is 0 Å². The van der Waals surface area contributed by atoms with Crippen LogP contribution < -0.4 is 2.79 Å². The third-order valence-electron chi connectivity index (χ3n) is 1.48. The molecule has 1 aromatic heterocycles. The van der Waals surface area contributed by atoms with Gasteiger partial charge in [0.05, 0.1) is 0 Å². The van der Waals surface area contributed by atoms with Crippen LogP contribution in [-0.2, 0) is 7.05 Å². The zero-order valence-corrected chi connectivity index (χ0v) is 8.07. The molecule has 2 aromatic rings. The summed E-state index contributed by atoms with van der Waals surface area (Å²) >= 11 is -0.0313.